The number of rotatable bonds is 10. The quantitative estimate of drug-likeness (QED) is 0.209. The van der Waals surface area contributed by atoms with E-state index in [1.807, 2.05) is 4.90 Å². The number of alkyl halides is 6. The van der Waals surface area contributed by atoms with Gasteiger partial charge in [0.05, 0.1) is 6.10 Å². The van der Waals surface area contributed by atoms with Crippen LogP contribution in [0.2, 0.25) is 0 Å². The van der Waals surface area contributed by atoms with Crippen molar-refractivity contribution in [3.05, 3.63) is 78.4 Å². The van der Waals surface area contributed by atoms with Gasteiger partial charge in [0.2, 0.25) is 0 Å². The van der Waals surface area contributed by atoms with Crippen molar-refractivity contribution in [2.45, 2.75) is 42.3 Å². The summed E-state index contributed by atoms with van der Waals surface area (Å²) in [7, 11) is 0. The van der Waals surface area contributed by atoms with E-state index in [0.29, 0.717) is 17.0 Å². The first-order valence-electron chi connectivity index (χ1n) is 11.3. The molecule has 0 aliphatic heterocycles. The second-order valence-electron chi connectivity index (χ2n) is 8.60. The molecule has 1 aliphatic carbocycles. The van der Waals surface area contributed by atoms with Gasteiger partial charge in [0.1, 0.15) is 17.2 Å². The molecule has 1 unspecified atom stereocenters. The molecular formula is C26H23F6NO3S. The van der Waals surface area contributed by atoms with E-state index in [0.717, 1.165) is 25.0 Å². The third kappa shape index (κ3) is 8.78. The molecule has 11 heteroatoms. The Kier molecular flexibility index (Phi) is 8.13. The topological polar surface area (TPSA) is 41.9 Å². The lowest BCUT2D eigenvalue weighted by Crippen LogP contribution is -2.33. The fourth-order valence-electron chi connectivity index (χ4n) is 3.79. The number of ether oxygens (including phenoxy) is 2. The van der Waals surface area contributed by atoms with Crippen molar-refractivity contribution >= 4 is 17.4 Å². The number of benzene rings is 3. The Morgan fingerprint density at radius 2 is 1.51 bits per heavy atom. The normalized spacial score (nSPS) is 14.8. The van der Waals surface area contributed by atoms with E-state index in [-0.39, 0.29) is 41.4 Å². The van der Waals surface area contributed by atoms with Crippen LogP contribution in [0.5, 0.6) is 17.2 Å². The van der Waals surface area contributed by atoms with E-state index in [2.05, 4.69) is 4.74 Å². The van der Waals surface area contributed by atoms with E-state index in [4.69, 9.17) is 4.74 Å². The highest BCUT2D eigenvalue weighted by molar-refractivity contribution is 8.00. The van der Waals surface area contributed by atoms with Crippen LogP contribution >= 0.6 is 11.8 Å². The molecule has 37 heavy (non-hydrogen) atoms. The Labute approximate surface area is 213 Å². The van der Waals surface area contributed by atoms with Gasteiger partial charge in [-0.2, -0.15) is 13.2 Å². The summed E-state index contributed by atoms with van der Waals surface area (Å²) in [6.45, 7) is 0.480. The molecule has 4 rings (SSSR count). The number of halogens is 6. The van der Waals surface area contributed by atoms with Crippen molar-refractivity contribution < 1.29 is 40.9 Å². The molecule has 3 aromatic carbocycles. The summed E-state index contributed by atoms with van der Waals surface area (Å²) < 4.78 is 85.8. The SMILES string of the molecule is OC(CN(Cc1cccc(SC(F)(F)F)c1)c1cccc(Oc2cccc(OC(F)(F)F)c2)c1)C1CC1. The van der Waals surface area contributed by atoms with E-state index in [1.165, 1.54) is 24.3 Å². The van der Waals surface area contributed by atoms with Crippen LogP contribution in [0.25, 0.3) is 0 Å². The summed E-state index contributed by atoms with van der Waals surface area (Å²) in [6.07, 6.45) is -3.64. The molecule has 3 aromatic rings. The van der Waals surface area contributed by atoms with Gasteiger partial charge in [-0.05, 0) is 72.5 Å². The molecule has 1 N–H and O–H groups in total. The lowest BCUT2D eigenvalue weighted by Gasteiger charge is -2.28. The van der Waals surface area contributed by atoms with Gasteiger partial charge in [0.25, 0.3) is 0 Å². The van der Waals surface area contributed by atoms with Crippen LogP contribution in [0.15, 0.2) is 77.7 Å². The Bertz CT molecular complexity index is 1200. The molecule has 1 aliphatic rings. The summed E-state index contributed by atoms with van der Waals surface area (Å²) in [5.41, 5.74) is -3.15. The molecule has 0 spiro atoms. The summed E-state index contributed by atoms with van der Waals surface area (Å²) in [5, 5.41) is 10.6. The van der Waals surface area contributed by atoms with Crippen molar-refractivity contribution in [1.82, 2.24) is 0 Å². The van der Waals surface area contributed by atoms with E-state index in [1.54, 1.807) is 36.4 Å². The van der Waals surface area contributed by atoms with Gasteiger partial charge in [-0.1, -0.05) is 24.3 Å². The Balaban J connectivity index is 1.54. The second-order valence-corrected chi connectivity index (χ2v) is 9.74. The van der Waals surface area contributed by atoms with Gasteiger partial charge >= 0.3 is 11.9 Å². The van der Waals surface area contributed by atoms with Crippen LogP contribution in [0.3, 0.4) is 0 Å². The van der Waals surface area contributed by atoms with Gasteiger partial charge in [-0.3, -0.25) is 0 Å². The largest absolute Gasteiger partial charge is 0.573 e. The van der Waals surface area contributed by atoms with E-state index < -0.39 is 23.7 Å². The number of nitrogens with zero attached hydrogens (tertiary/aromatic N) is 1. The maximum Gasteiger partial charge on any atom is 0.573 e. The monoisotopic (exact) mass is 543 g/mol. The molecule has 4 nitrogen and oxygen atoms in total. The Hall–Kier alpha value is -3.05. The molecule has 0 aromatic heterocycles. The van der Waals surface area contributed by atoms with Gasteiger partial charge in [-0.25, -0.2) is 0 Å². The van der Waals surface area contributed by atoms with Crippen molar-refractivity contribution in [3.63, 3.8) is 0 Å². The molecule has 0 heterocycles. The number of aliphatic hydroxyl groups excluding tert-OH is 1. The summed E-state index contributed by atoms with van der Waals surface area (Å²) in [5.74, 6) is 0.201. The van der Waals surface area contributed by atoms with Crippen molar-refractivity contribution in [3.8, 4) is 17.2 Å². The van der Waals surface area contributed by atoms with Crippen LogP contribution < -0.4 is 14.4 Å². The first-order valence-corrected chi connectivity index (χ1v) is 12.2. The number of thioether (sulfide) groups is 1. The number of aliphatic hydroxyl groups is 1. The van der Waals surface area contributed by atoms with Crippen LogP contribution in [0.1, 0.15) is 18.4 Å². The highest BCUT2D eigenvalue weighted by Gasteiger charge is 2.32. The molecule has 0 radical (unpaired) electrons. The standard InChI is InChI=1S/C26H23F6NO3S/c27-25(28,29)36-22-8-3-7-21(14-22)35-20-6-2-5-19(13-20)33(16-24(34)18-10-11-18)15-17-4-1-9-23(12-17)37-26(30,31)32/h1-9,12-14,18,24,34H,10-11,15-16H2. The molecule has 1 saturated carbocycles. The number of hydrogen-bond donors (Lipinski definition) is 1. The Morgan fingerprint density at radius 3 is 2.19 bits per heavy atom. The van der Waals surface area contributed by atoms with Gasteiger partial charge in [0.15, 0.2) is 0 Å². The smallest absolute Gasteiger partial charge is 0.457 e. The maximum atomic E-state index is 12.8. The number of hydrogen-bond acceptors (Lipinski definition) is 5. The van der Waals surface area contributed by atoms with Gasteiger partial charge in [0, 0.05) is 35.8 Å². The highest BCUT2D eigenvalue weighted by Crippen LogP contribution is 2.38. The van der Waals surface area contributed by atoms with Crippen LogP contribution in [-0.4, -0.2) is 29.6 Å². The molecular weight excluding hydrogens is 520 g/mol. The highest BCUT2D eigenvalue weighted by atomic mass is 32.2. The minimum Gasteiger partial charge on any atom is -0.457 e. The van der Waals surface area contributed by atoms with Gasteiger partial charge < -0.3 is 19.5 Å². The minimum absolute atomic E-state index is 0.0609. The number of anilines is 1. The Morgan fingerprint density at radius 1 is 0.865 bits per heavy atom. The predicted octanol–water partition coefficient (Wildman–Crippen LogP) is 7.77. The van der Waals surface area contributed by atoms with E-state index in [9.17, 15) is 31.4 Å². The average Bonchev–Trinajstić information content (AvgIpc) is 3.63. The maximum absolute atomic E-state index is 12.8. The summed E-state index contributed by atoms with van der Waals surface area (Å²) in [6, 6.07) is 18.0. The summed E-state index contributed by atoms with van der Waals surface area (Å²) in [4.78, 5) is 1.90. The predicted molar refractivity (Wildman–Crippen MR) is 128 cm³/mol. The zero-order chi connectivity index (χ0) is 26.6. The zero-order valence-corrected chi connectivity index (χ0v) is 20.1. The van der Waals surface area contributed by atoms with Crippen molar-refractivity contribution in [2.75, 3.05) is 11.4 Å². The second kappa shape index (κ2) is 11.1. The molecule has 1 atom stereocenters. The third-order valence-corrected chi connectivity index (χ3v) is 6.26. The third-order valence-electron chi connectivity index (χ3n) is 5.54. The molecule has 1 fully saturated rings. The first kappa shape index (κ1) is 27.0. The minimum atomic E-state index is -4.84. The van der Waals surface area contributed by atoms with E-state index >= 15 is 0 Å². The molecule has 198 valence electrons. The van der Waals surface area contributed by atoms with Crippen LogP contribution in [0, 0.1) is 5.92 Å². The van der Waals surface area contributed by atoms with Crippen LogP contribution in [0.4, 0.5) is 32.0 Å². The van der Waals surface area contributed by atoms with Crippen LogP contribution in [-0.2, 0) is 6.54 Å². The zero-order valence-electron chi connectivity index (χ0n) is 19.3. The van der Waals surface area contributed by atoms with Crippen molar-refractivity contribution in [1.29, 1.82) is 0 Å². The van der Waals surface area contributed by atoms with Gasteiger partial charge in [-0.15, -0.1) is 13.2 Å². The fraction of sp³-hybridized carbons (Fsp3) is 0.308. The lowest BCUT2D eigenvalue weighted by atomic mass is 10.1. The van der Waals surface area contributed by atoms with Crippen molar-refractivity contribution in [2.24, 2.45) is 5.92 Å². The lowest BCUT2D eigenvalue weighted by molar-refractivity contribution is -0.274. The molecule has 0 bridgehead atoms. The average molecular weight is 544 g/mol. The fourth-order valence-corrected chi connectivity index (χ4v) is 4.42. The molecule has 0 saturated heterocycles. The summed E-state index contributed by atoms with van der Waals surface area (Å²) >= 11 is -0.194. The molecule has 0 amide bonds. The first-order chi connectivity index (χ1) is 17.4.